The molecule has 1 amide bonds. The van der Waals surface area contributed by atoms with Crippen LogP contribution < -0.4 is 5.32 Å². The zero-order valence-electron chi connectivity index (χ0n) is 11.8. The highest BCUT2D eigenvalue weighted by molar-refractivity contribution is 6.30. The van der Waals surface area contributed by atoms with E-state index in [1.807, 2.05) is 42.5 Å². The molecule has 1 heterocycles. The van der Waals surface area contributed by atoms with Crippen LogP contribution in [0.15, 0.2) is 59.8 Å². The van der Waals surface area contributed by atoms with Crippen LogP contribution in [0.25, 0.3) is 0 Å². The van der Waals surface area contributed by atoms with E-state index in [-0.39, 0.29) is 5.91 Å². The lowest BCUT2D eigenvalue weighted by atomic mass is 10.0. The molecule has 0 spiro atoms. The van der Waals surface area contributed by atoms with Gasteiger partial charge in [0.05, 0.1) is 5.71 Å². The van der Waals surface area contributed by atoms with Gasteiger partial charge in [-0.25, -0.2) is 0 Å². The van der Waals surface area contributed by atoms with Gasteiger partial charge in [-0.1, -0.05) is 59.2 Å². The van der Waals surface area contributed by atoms with Crippen molar-refractivity contribution in [2.24, 2.45) is 5.16 Å². The zero-order valence-corrected chi connectivity index (χ0v) is 12.6. The summed E-state index contributed by atoms with van der Waals surface area (Å²) in [7, 11) is 0. The summed E-state index contributed by atoms with van der Waals surface area (Å²) in [5.41, 5.74) is 2.73. The molecule has 0 radical (unpaired) electrons. The van der Waals surface area contributed by atoms with Crippen molar-refractivity contribution in [1.82, 2.24) is 5.32 Å². The van der Waals surface area contributed by atoms with Crippen LogP contribution in [0.4, 0.5) is 0 Å². The topological polar surface area (TPSA) is 50.7 Å². The highest BCUT2D eigenvalue weighted by Gasteiger charge is 2.28. The predicted octanol–water partition coefficient (Wildman–Crippen LogP) is 3.15. The molecule has 112 valence electrons. The number of nitrogens with zero attached hydrogens (tertiary/aromatic N) is 1. The minimum atomic E-state index is -0.575. The van der Waals surface area contributed by atoms with Crippen molar-refractivity contribution in [3.8, 4) is 0 Å². The van der Waals surface area contributed by atoms with Crippen molar-refractivity contribution in [2.45, 2.75) is 19.1 Å². The van der Waals surface area contributed by atoms with Crippen molar-refractivity contribution in [1.29, 1.82) is 0 Å². The average molecular weight is 315 g/mol. The van der Waals surface area contributed by atoms with E-state index in [4.69, 9.17) is 16.4 Å². The summed E-state index contributed by atoms with van der Waals surface area (Å²) in [6.07, 6.45) is -0.114. The molecule has 3 rings (SSSR count). The van der Waals surface area contributed by atoms with E-state index in [2.05, 4.69) is 10.5 Å². The molecule has 1 aliphatic rings. The van der Waals surface area contributed by atoms with Gasteiger partial charge in [0.15, 0.2) is 0 Å². The predicted molar refractivity (Wildman–Crippen MR) is 85.8 cm³/mol. The lowest BCUT2D eigenvalue weighted by molar-refractivity contribution is -0.131. The highest BCUT2D eigenvalue weighted by Crippen LogP contribution is 2.18. The number of oxime groups is 1. The van der Waals surface area contributed by atoms with Crippen molar-refractivity contribution >= 4 is 23.2 Å². The number of nitrogens with one attached hydrogen (secondary N) is 1. The molecular formula is C17H15ClN2O2. The second-order valence-corrected chi connectivity index (χ2v) is 5.48. The summed E-state index contributed by atoms with van der Waals surface area (Å²) in [5.74, 6) is -0.156. The van der Waals surface area contributed by atoms with Crippen LogP contribution in [0, 0.1) is 0 Å². The van der Waals surface area contributed by atoms with Crippen LogP contribution in [0.1, 0.15) is 17.5 Å². The van der Waals surface area contributed by atoms with Crippen molar-refractivity contribution in [3.63, 3.8) is 0 Å². The maximum atomic E-state index is 12.1. The molecule has 0 bridgehead atoms. The largest absolute Gasteiger partial charge is 0.382 e. The van der Waals surface area contributed by atoms with Gasteiger partial charge in [0, 0.05) is 18.0 Å². The van der Waals surface area contributed by atoms with Crippen LogP contribution in [0.2, 0.25) is 5.02 Å². The van der Waals surface area contributed by atoms with E-state index < -0.39 is 6.10 Å². The van der Waals surface area contributed by atoms with Gasteiger partial charge in [0.1, 0.15) is 0 Å². The summed E-state index contributed by atoms with van der Waals surface area (Å²) in [6, 6.07) is 17.1. The molecule has 4 nitrogen and oxygen atoms in total. The van der Waals surface area contributed by atoms with Crippen LogP contribution in [0.3, 0.4) is 0 Å². The first-order valence-electron chi connectivity index (χ1n) is 7.02. The third-order valence-corrected chi connectivity index (χ3v) is 3.70. The molecule has 0 aliphatic carbocycles. The number of hydrogen-bond acceptors (Lipinski definition) is 3. The Morgan fingerprint density at radius 3 is 2.64 bits per heavy atom. The minimum Gasteiger partial charge on any atom is -0.382 e. The molecule has 22 heavy (non-hydrogen) atoms. The number of rotatable bonds is 4. The van der Waals surface area contributed by atoms with Crippen LogP contribution in [-0.2, 0) is 16.2 Å². The molecule has 0 aromatic heterocycles. The molecule has 0 saturated carbocycles. The number of hydrogen-bond donors (Lipinski definition) is 1. The lowest BCUT2D eigenvalue weighted by Gasteiger charge is -2.09. The third-order valence-electron chi connectivity index (χ3n) is 3.45. The average Bonchev–Trinajstić information content (AvgIpc) is 3.04. The molecule has 1 unspecified atom stereocenters. The van der Waals surface area contributed by atoms with Crippen LogP contribution in [0.5, 0.6) is 0 Å². The summed E-state index contributed by atoms with van der Waals surface area (Å²) in [5, 5.41) is 7.54. The second-order valence-electron chi connectivity index (χ2n) is 5.05. The molecule has 1 N–H and O–H groups in total. The van der Waals surface area contributed by atoms with Crippen molar-refractivity contribution in [3.05, 3.63) is 70.7 Å². The van der Waals surface area contributed by atoms with E-state index in [1.165, 1.54) is 0 Å². The molecule has 0 fully saturated rings. The monoisotopic (exact) mass is 314 g/mol. The van der Waals surface area contributed by atoms with E-state index in [0.29, 0.717) is 18.0 Å². The minimum absolute atomic E-state index is 0.156. The third kappa shape index (κ3) is 3.46. The van der Waals surface area contributed by atoms with Crippen LogP contribution >= 0.6 is 11.6 Å². The van der Waals surface area contributed by atoms with Gasteiger partial charge in [-0.15, -0.1) is 0 Å². The van der Waals surface area contributed by atoms with Gasteiger partial charge in [-0.2, -0.15) is 0 Å². The number of amides is 1. The molecule has 2 aromatic rings. The van der Waals surface area contributed by atoms with Gasteiger partial charge in [0.25, 0.3) is 5.91 Å². The summed E-state index contributed by atoms with van der Waals surface area (Å²) in [4.78, 5) is 17.4. The SMILES string of the molecule is O=C(NCc1ccccc1)C1CC(c2ccc(Cl)cc2)=NO1. The number of benzene rings is 2. The Morgan fingerprint density at radius 1 is 1.18 bits per heavy atom. The van der Waals surface area contributed by atoms with Gasteiger partial charge in [-0.05, 0) is 23.3 Å². The summed E-state index contributed by atoms with van der Waals surface area (Å²) < 4.78 is 0. The molecular weight excluding hydrogens is 300 g/mol. The quantitative estimate of drug-likeness (QED) is 0.942. The molecule has 2 aromatic carbocycles. The van der Waals surface area contributed by atoms with E-state index in [0.717, 1.165) is 16.8 Å². The van der Waals surface area contributed by atoms with Gasteiger partial charge < -0.3 is 10.2 Å². The fraction of sp³-hybridized carbons (Fsp3) is 0.176. The zero-order chi connectivity index (χ0) is 15.4. The molecule has 1 aliphatic heterocycles. The van der Waals surface area contributed by atoms with E-state index in [1.54, 1.807) is 12.1 Å². The van der Waals surface area contributed by atoms with E-state index in [9.17, 15) is 4.79 Å². The number of carbonyl (C=O) groups excluding carboxylic acids is 1. The Balaban J connectivity index is 1.55. The van der Waals surface area contributed by atoms with Crippen molar-refractivity contribution < 1.29 is 9.63 Å². The first-order valence-corrected chi connectivity index (χ1v) is 7.40. The fourth-order valence-electron chi connectivity index (χ4n) is 2.23. The van der Waals surface area contributed by atoms with Gasteiger partial charge in [0.2, 0.25) is 6.10 Å². The molecule has 0 saturated heterocycles. The Hall–Kier alpha value is -2.33. The highest BCUT2D eigenvalue weighted by atomic mass is 35.5. The summed E-state index contributed by atoms with van der Waals surface area (Å²) in [6.45, 7) is 0.482. The Morgan fingerprint density at radius 2 is 1.91 bits per heavy atom. The second kappa shape index (κ2) is 6.62. The fourth-order valence-corrected chi connectivity index (χ4v) is 2.36. The van der Waals surface area contributed by atoms with Gasteiger partial charge >= 0.3 is 0 Å². The normalized spacial score (nSPS) is 16.8. The summed E-state index contributed by atoms with van der Waals surface area (Å²) >= 11 is 5.86. The molecule has 5 heteroatoms. The Labute approximate surface area is 133 Å². The standard InChI is InChI=1S/C17H15ClN2O2/c18-14-8-6-13(7-9-14)15-10-16(22-20-15)17(21)19-11-12-4-2-1-3-5-12/h1-9,16H,10-11H2,(H,19,21). The smallest absolute Gasteiger partial charge is 0.264 e. The van der Waals surface area contributed by atoms with Crippen LogP contribution in [-0.4, -0.2) is 17.7 Å². The lowest BCUT2D eigenvalue weighted by Crippen LogP contribution is -2.34. The maximum Gasteiger partial charge on any atom is 0.264 e. The molecule has 1 atom stereocenters. The van der Waals surface area contributed by atoms with Gasteiger partial charge in [-0.3, -0.25) is 4.79 Å². The van der Waals surface area contributed by atoms with E-state index >= 15 is 0 Å². The first-order chi connectivity index (χ1) is 10.7. The Bertz CT molecular complexity index is 684. The van der Waals surface area contributed by atoms with Crippen molar-refractivity contribution in [2.75, 3.05) is 0 Å². The first kappa shape index (κ1) is 14.6. The number of halogens is 1. The number of carbonyl (C=O) groups is 1. The maximum absolute atomic E-state index is 12.1. The Kier molecular flexibility index (Phi) is 4.39.